The second-order valence-corrected chi connectivity index (χ2v) is 8.19. The van der Waals surface area contributed by atoms with Gasteiger partial charge in [-0.15, -0.1) is 0 Å². The third kappa shape index (κ3) is 4.38. The first-order valence-corrected chi connectivity index (χ1v) is 10.1. The van der Waals surface area contributed by atoms with Gasteiger partial charge in [-0.3, -0.25) is 4.72 Å². The molecule has 1 aliphatic carbocycles. The Labute approximate surface area is 153 Å². The molecule has 0 bridgehead atoms. The molecule has 25 heavy (non-hydrogen) atoms. The fourth-order valence-corrected chi connectivity index (χ4v) is 4.38. The van der Waals surface area contributed by atoms with Crippen molar-refractivity contribution in [2.45, 2.75) is 36.6 Å². The number of halogens is 1. The number of nitrogens with one attached hydrogen (secondary N) is 2. The van der Waals surface area contributed by atoms with Crippen LogP contribution in [0.5, 0.6) is 5.75 Å². The zero-order chi connectivity index (χ0) is 17.9. The first-order valence-electron chi connectivity index (χ1n) is 8.21. The Hall–Kier alpha value is -1.92. The molecule has 0 saturated heterocycles. The summed E-state index contributed by atoms with van der Waals surface area (Å²) >= 11 is 6.01. The number of anilines is 2. The number of sulfonamides is 1. The van der Waals surface area contributed by atoms with Gasteiger partial charge in [0.1, 0.15) is 5.75 Å². The normalized spacial score (nSPS) is 15.1. The second-order valence-electron chi connectivity index (χ2n) is 6.10. The molecule has 5 nitrogen and oxygen atoms in total. The SMILES string of the molecule is COc1ccc(S(=O)(=O)Nc2ccc(NC3CCCC3)cc2)cc1Cl. The van der Waals surface area contributed by atoms with Crippen LogP contribution >= 0.6 is 11.6 Å². The second kappa shape index (κ2) is 7.54. The Kier molecular flexibility index (Phi) is 5.39. The zero-order valence-corrected chi connectivity index (χ0v) is 15.5. The summed E-state index contributed by atoms with van der Waals surface area (Å²) in [5, 5.41) is 3.73. The van der Waals surface area contributed by atoms with Gasteiger partial charge in [0.25, 0.3) is 10.0 Å². The summed E-state index contributed by atoms with van der Waals surface area (Å²) in [5.41, 5.74) is 1.51. The Morgan fingerprint density at radius 3 is 2.28 bits per heavy atom. The number of methoxy groups -OCH3 is 1. The quantitative estimate of drug-likeness (QED) is 0.774. The van der Waals surface area contributed by atoms with Crippen LogP contribution < -0.4 is 14.8 Å². The molecule has 0 atom stereocenters. The zero-order valence-electron chi connectivity index (χ0n) is 14.0. The van der Waals surface area contributed by atoms with Crippen LogP contribution in [0.2, 0.25) is 5.02 Å². The van der Waals surface area contributed by atoms with E-state index in [1.54, 1.807) is 12.1 Å². The van der Waals surface area contributed by atoms with Crippen LogP contribution in [0.4, 0.5) is 11.4 Å². The predicted molar refractivity (Wildman–Crippen MR) is 101 cm³/mol. The molecule has 2 aromatic rings. The van der Waals surface area contributed by atoms with Gasteiger partial charge in [-0.05, 0) is 55.3 Å². The van der Waals surface area contributed by atoms with Crippen LogP contribution in [0.25, 0.3) is 0 Å². The summed E-state index contributed by atoms with van der Waals surface area (Å²) in [6.45, 7) is 0. The van der Waals surface area contributed by atoms with E-state index in [0.29, 0.717) is 17.5 Å². The molecule has 0 spiro atoms. The fraction of sp³-hybridized carbons (Fsp3) is 0.333. The van der Waals surface area contributed by atoms with E-state index < -0.39 is 10.0 Å². The first kappa shape index (κ1) is 17.9. The molecule has 134 valence electrons. The highest BCUT2D eigenvalue weighted by Crippen LogP contribution is 2.28. The number of hydrogen-bond donors (Lipinski definition) is 2. The molecular formula is C18H21ClN2O3S. The first-order chi connectivity index (χ1) is 12.0. The standard InChI is InChI=1S/C18H21ClN2O3S/c1-24-18-11-10-16(12-17(18)19)25(22,23)21-15-8-6-14(7-9-15)20-13-4-2-3-5-13/h6-13,20-21H,2-5H2,1H3. The van der Waals surface area contributed by atoms with Crippen LogP contribution in [0, 0.1) is 0 Å². The molecule has 0 unspecified atom stereocenters. The lowest BCUT2D eigenvalue weighted by Gasteiger charge is -2.14. The topological polar surface area (TPSA) is 67.4 Å². The Bertz CT molecular complexity index is 832. The smallest absolute Gasteiger partial charge is 0.261 e. The highest BCUT2D eigenvalue weighted by molar-refractivity contribution is 7.92. The van der Waals surface area contributed by atoms with Crippen molar-refractivity contribution in [2.75, 3.05) is 17.1 Å². The van der Waals surface area contributed by atoms with Crippen LogP contribution in [0.3, 0.4) is 0 Å². The van der Waals surface area contributed by atoms with Gasteiger partial charge in [-0.25, -0.2) is 8.42 Å². The number of benzene rings is 2. The van der Waals surface area contributed by atoms with E-state index in [4.69, 9.17) is 16.3 Å². The molecule has 3 rings (SSSR count). The summed E-state index contributed by atoms with van der Waals surface area (Å²) in [6.07, 6.45) is 4.90. The van der Waals surface area contributed by atoms with Gasteiger partial charge in [0.2, 0.25) is 0 Å². The molecule has 1 aliphatic rings. The predicted octanol–water partition coefficient (Wildman–Crippen LogP) is 4.50. The summed E-state index contributed by atoms with van der Waals surface area (Å²) in [6, 6.07) is 12.2. The third-order valence-electron chi connectivity index (χ3n) is 4.30. The molecule has 2 N–H and O–H groups in total. The molecule has 0 aromatic heterocycles. The van der Waals surface area contributed by atoms with E-state index in [0.717, 1.165) is 5.69 Å². The molecular weight excluding hydrogens is 360 g/mol. The number of rotatable bonds is 6. The van der Waals surface area contributed by atoms with Crippen LogP contribution in [-0.4, -0.2) is 21.6 Å². The van der Waals surface area contributed by atoms with Gasteiger partial charge in [0, 0.05) is 17.4 Å². The molecule has 0 radical (unpaired) electrons. The molecule has 1 saturated carbocycles. The number of hydrogen-bond acceptors (Lipinski definition) is 4. The highest BCUT2D eigenvalue weighted by atomic mass is 35.5. The van der Waals surface area contributed by atoms with Crippen molar-refractivity contribution in [3.63, 3.8) is 0 Å². The maximum absolute atomic E-state index is 12.5. The minimum absolute atomic E-state index is 0.0893. The van der Waals surface area contributed by atoms with Crippen molar-refractivity contribution in [1.82, 2.24) is 0 Å². The third-order valence-corrected chi connectivity index (χ3v) is 5.97. The summed E-state index contributed by atoms with van der Waals surface area (Å²) < 4.78 is 32.6. The van der Waals surface area contributed by atoms with Gasteiger partial charge >= 0.3 is 0 Å². The lowest BCUT2D eigenvalue weighted by atomic mass is 10.2. The minimum Gasteiger partial charge on any atom is -0.495 e. The molecule has 7 heteroatoms. The van der Waals surface area contributed by atoms with Crippen molar-refractivity contribution in [3.8, 4) is 5.75 Å². The van der Waals surface area contributed by atoms with Crippen molar-refractivity contribution < 1.29 is 13.2 Å². The van der Waals surface area contributed by atoms with Crippen molar-refractivity contribution >= 4 is 33.0 Å². The van der Waals surface area contributed by atoms with E-state index in [-0.39, 0.29) is 9.92 Å². The Balaban J connectivity index is 1.71. The maximum atomic E-state index is 12.5. The number of ether oxygens (including phenoxy) is 1. The van der Waals surface area contributed by atoms with E-state index in [1.807, 2.05) is 12.1 Å². The van der Waals surface area contributed by atoms with Gasteiger partial charge in [-0.2, -0.15) is 0 Å². The van der Waals surface area contributed by atoms with E-state index in [9.17, 15) is 8.42 Å². The average molecular weight is 381 g/mol. The van der Waals surface area contributed by atoms with Gasteiger partial charge in [0.05, 0.1) is 17.0 Å². The molecule has 2 aromatic carbocycles. The fourth-order valence-electron chi connectivity index (χ4n) is 2.97. The van der Waals surface area contributed by atoms with Gasteiger partial charge < -0.3 is 10.1 Å². The van der Waals surface area contributed by atoms with Crippen molar-refractivity contribution in [1.29, 1.82) is 0 Å². The molecule has 0 heterocycles. The van der Waals surface area contributed by atoms with E-state index in [2.05, 4.69) is 10.0 Å². The molecule has 1 fully saturated rings. The summed E-state index contributed by atoms with van der Waals surface area (Å²) in [7, 11) is -2.23. The Morgan fingerprint density at radius 2 is 1.68 bits per heavy atom. The van der Waals surface area contributed by atoms with E-state index in [1.165, 1.54) is 51.0 Å². The minimum atomic E-state index is -3.71. The summed E-state index contributed by atoms with van der Waals surface area (Å²) in [4.78, 5) is 0.0893. The van der Waals surface area contributed by atoms with Crippen molar-refractivity contribution in [2.24, 2.45) is 0 Å². The summed E-state index contributed by atoms with van der Waals surface area (Å²) in [5.74, 6) is 0.433. The van der Waals surface area contributed by atoms with Crippen LogP contribution in [0.1, 0.15) is 25.7 Å². The monoisotopic (exact) mass is 380 g/mol. The maximum Gasteiger partial charge on any atom is 0.261 e. The largest absolute Gasteiger partial charge is 0.495 e. The highest BCUT2D eigenvalue weighted by Gasteiger charge is 2.17. The van der Waals surface area contributed by atoms with Crippen molar-refractivity contribution in [3.05, 3.63) is 47.5 Å². The lowest BCUT2D eigenvalue weighted by molar-refractivity contribution is 0.414. The van der Waals surface area contributed by atoms with Crippen LogP contribution in [0.15, 0.2) is 47.4 Å². The molecule has 0 aliphatic heterocycles. The van der Waals surface area contributed by atoms with E-state index >= 15 is 0 Å². The lowest BCUT2D eigenvalue weighted by Crippen LogP contribution is -2.15. The van der Waals surface area contributed by atoms with Gasteiger partial charge in [-0.1, -0.05) is 24.4 Å². The molecule has 0 amide bonds. The van der Waals surface area contributed by atoms with Gasteiger partial charge in [0.15, 0.2) is 0 Å². The van der Waals surface area contributed by atoms with Crippen LogP contribution in [-0.2, 0) is 10.0 Å². The average Bonchev–Trinajstić information content (AvgIpc) is 3.09. The Morgan fingerprint density at radius 1 is 1.04 bits per heavy atom.